The van der Waals surface area contributed by atoms with Gasteiger partial charge in [0.25, 0.3) is 0 Å². The first-order valence-corrected chi connectivity index (χ1v) is 4.82. The lowest BCUT2D eigenvalue weighted by Crippen LogP contribution is -2.20. The highest BCUT2D eigenvalue weighted by molar-refractivity contribution is 4.86. The molecule has 5 heteroatoms. The van der Waals surface area contributed by atoms with Crippen LogP contribution in [-0.4, -0.2) is 39.2 Å². The molecule has 14 heavy (non-hydrogen) atoms. The lowest BCUT2D eigenvalue weighted by atomic mass is 10.2. The first-order valence-electron chi connectivity index (χ1n) is 4.82. The topological polar surface area (TPSA) is 60.2 Å². The fraction of sp³-hybridized carbons (Fsp3) is 0.778. The van der Waals surface area contributed by atoms with E-state index >= 15 is 0 Å². The highest BCUT2D eigenvalue weighted by atomic mass is 16.5. The van der Waals surface area contributed by atoms with E-state index in [0.717, 1.165) is 12.2 Å². The fourth-order valence-corrected chi connectivity index (χ4v) is 1.14. The molecule has 1 rings (SSSR count). The Kier molecular flexibility index (Phi) is 4.55. The Hall–Kier alpha value is -0.940. The molecule has 1 atom stereocenters. The van der Waals surface area contributed by atoms with Gasteiger partial charge in [0.1, 0.15) is 12.2 Å². The zero-order valence-corrected chi connectivity index (χ0v) is 8.68. The van der Waals surface area contributed by atoms with E-state index in [1.54, 1.807) is 4.68 Å². The molecular formula is C9H17N3O2. The van der Waals surface area contributed by atoms with Crippen molar-refractivity contribution in [2.24, 2.45) is 7.05 Å². The zero-order valence-electron chi connectivity index (χ0n) is 8.68. The van der Waals surface area contributed by atoms with E-state index in [2.05, 4.69) is 10.1 Å². The van der Waals surface area contributed by atoms with E-state index in [1.807, 2.05) is 14.0 Å². The zero-order chi connectivity index (χ0) is 10.4. The van der Waals surface area contributed by atoms with Gasteiger partial charge in [-0.25, -0.2) is 4.98 Å². The molecule has 0 saturated heterocycles. The molecule has 0 spiro atoms. The average molecular weight is 199 g/mol. The Morgan fingerprint density at radius 1 is 1.64 bits per heavy atom. The average Bonchev–Trinajstić information content (AvgIpc) is 2.52. The highest BCUT2D eigenvalue weighted by Crippen LogP contribution is 1.98. The predicted octanol–water partition coefficient (Wildman–Crippen LogP) is 0.145. The van der Waals surface area contributed by atoms with Crippen LogP contribution in [0.1, 0.15) is 19.2 Å². The number of aromatic nitrogens is 3. The summed E-state index contributed by atoms with van der Waals surface area (Å²) in [5, 5.41) is 13.5. The van der Waals surface area contributed by atoms with Gasteiger partial charge in [-0.2, -0.15) is 5.10 Å². The Labute approximate surface area is 83.7 Å². The first kappa shape index (κ1) is 11.1. The van der Waals surface area contributed by atoms with E-state index in [-0.39, 0.29) is 0 Å². The molecule has 1 aromatic heterocycles. The van der Waals surface area contributed by atoms with E-state index in [9.17, 15) is 5.11 Å². The Morgan fingerprint density at radius 3 is 3.00 bits per heavy atom. The molecule has 0 aromatic carbocycles. The van der Waals surface area contributed by atoms with Crippen molar-refractivity contribution in [3.8, 4) is 0 Å². The summed E-state index contributed by atoms with van der Waals surface area (Å²) in [7, 11) is 1.81. The van der Waals surface area contributed by atoms with Crippen molar-refractivity contribution < 1.29 is 9.84 Å². The van der Waals surface area contributed by atoms with Crippen LogP contribution in [0.25, 0.3) is 0 Å². The summed E-state index contributed by atoms with van der Waals surface area (Å²) in [4.78, 5) is 4.02. The van der Waals surface area contributed by atoms with Gasteiger partial charge in [-0.05, 0) is 6.42 Å². The molecule has 0 fully saturated rings. The maximum absolute atomic E-state index is 9.57. The maximum atomic E-state index is 9.57. The summed E-state index contributed by atoms with van der Waals surface area (Å²) in [6.07, 6.45) is 2.44. The van der Waals surface area contributed by atoms with Crippen LogP contribution in [0.15, 0.2) is 6.33 Å². The van der Waals surface area contributed by atoms with Crippen LogP contribution in [0.5, 0.6) is 0 Å². The first-order chi connectivity index (χ1) is 6.74. The molecule has 0 aliphatic heterocycles. The minimum absolute atomic E-state index is 0.362. The predicted molar refractivity (Wildman–Crippen MR) is 51.8 cm³/mol. The standard InChI is InChI=1S/C9H17N3O2/c1-3-4-14-6-8(13)5-9-10-7-11-12(9)2/h7-8,13H,3-6H2,1-2H3. The van der Waals surface area contributed by atoms with Crippen molar-refractivity contribution >= 4 is 0 Å². The second-order valence-electron chi connectivity index (χ2n) is 3.23. The second-order valence-corrected chi connectivity index (χ2v) is 3.23. The van der Waals surface area contributed by atoms with Gasteiger partial charge in [0.2, 0.25) is 0 Å². The molecule has 80 valence electrons. The van der Waals surface area contributed by atoms with Gasteiger partial charge in [0, 0.05) is 20.1 Å². The van der Waals surface area contributed by atoms with Gasteiger partial charge in [-0.1, -0.05) is 6.92 Å². The van der Waals surface area contributed by atoms with Crippen molar-refractivity contribution in [1.82, 2.24) is 14.8 Å². The Balaban J connectivity index is 2.27. The Bertz CT molecular complexity index is 262. The molecule has 1 unspecified atom stereocenters. The van der Waals surface area contributed by atoms with Crippen LogP contribution >= 0.6 is 0 Å². The summed E-state index contributed by atoms with van der Waals surface area (Å²) in [5.41, 5.74) is 0. The summed E-state index contributed by atoms with van der Waals surface area (Å²) in [6.45, 7) is 3.09. The van der Waals surface area contributed by atoms with Gasteiger partial charge in [-0.3, -0.25) is 4.68 Å². The number of ether oxygens (including phenoxy) is 1. The highest BCUT2D eigenvalue weighted by Gasteiger charge is 2.09. The summed E-state index contributed by atoms with van der Waals surface area (Å²) in [6, 6.07) is 0. The molecule has 5 nitrogen and oxygen atoms in total. The van der Waals surface area contributed by atoms with Crippen molar-refractivity contribution in [3.63, 3.8) is 0 Å². The molecule has 0 amide bonds. The third-order valence-corrected chi connectivity index (χ3v) is 1.88. The smallest absolute Gasteiger partial charge is 0.138 e. The molecule has 1 aromatic rings. The molecule has 0 radical (unpaired) electrons. The second kappa shape index (κ2) is 5.72. The third-order valence-electron chi connectivity index (χ3n) is 1.88. The molecule has 1 heterocycles. The van der Waals surface area contributed by atoms with Gasteiger partial charge in [-0.15, -0.1) is 0 Å². The molecule has 0 aliphatic rings. The van der Waals surface area contributed by atoms with Crippen molar-refractivity contribution in [2.75, 3.05) is 13.2 Å². The van der Waals surface area contributed by atoms with Crippen molar-refractivity contribution in [1.29, 1.82) is 0 Å². The summed E-state index contributed by atoms with van der Waals surface area (Å²) >= 11 is 0. The lowest BCUT2D eigenvalue weighted by molar-refractivity contribution is 0.0360. The van der Waals surface area contributed by atoms with Crippen LogP contribution in [-0.2, 0) is 18.2 Å². The van der Waals surface area contributed by atoms with E-state index in [0.29, 0.717) is 19.6 Å². The van der Waals surface area contributed by atoms with Crippen molar-refractivity contribution in [3.05, 3.63) is 12.2 Å². The molecular weight excluding hydrogens is 182 g/mol. The van der Waals surface area contributed by atoms with Crippen LogP contribution in [0.2, 0.25) is 0 Å². The SMILES string of the molecule is CCCOCC(O)Cc1ncnn1C. The maximum Gasteiger partial charge on any atom is 0.138 e. The number of aliphatic hydroxyl groups excluding tert-OH is 1. The van der Waals surface area contributed by atoms with Gasteiger partial charge < -0.3 is 9.84 Å². The molecule has 0 aliphatic carbocycles. The van der Waals surface area contributed by atoms with Gasteiger partial charge in [0.05, 0.1) is 12.7 Å². The summed E-state index contributed by atoms with van der Waals surface area (Å²) < 4.78 is 6.88. The normalized spacial score (nSPS) is 13.1. The van der Waals surface area contributed by atoms with E-state index in [1.165, 1.54) is 6.33 Å². The third kappa shape index (κ3) is 3.43. The van der Waals surface area contributed by atoms with Gasteiger partial charge >= 0.3 is 0 Å². The quantitative estimate of drug-likeness (QED) is 0.662. The number of nitrogens with zero attached hydrogens (tertiary/aromatic N) is 3. The van der Waals surface area contributed by atoms with E-state index in [4.69, 9.17) is 4.74 Å². The van der Waals surface area contributed by atoms with Crippen LogP contribution in [0, 0.1) is 0 Å². The minimum Gasteiger partial charge on any atom is -0.390 e. The van der Waals surface area contributed by atoms with Crippen molar-refractivity contribution in [2.45, 2.75) is 25.9 Å². The van der Waals surface area contributed by atoms with E-state index < -0.39 is 6.10 Å². The number of hydrogen-bond acceptors (Lipinski definition) is 4. The lowest BCUT2D eigenvalue weighted by Gasteiger charge is -2.09. The monoisotopic (exact) mass is 199 g/mol. The van der Waals surface area contributed by atoms with Gasteiger partial charge in [0.15, 0.2) is 0 Å². The molecule has 1 N–H and O–H groups in total. The number of aryl methyl sites for hydroxylation is 1. The number of aliphatic hydroxyl groups is 1. The Morgan fingerprint density at radius 2 is 2.43 bits per heavy atom. The molecule has 0 saturated carbocycles. The number of rotatable bonds is 6. The largest absolute Gasteiger partial charge is 0.390 e. The minimum atomic E-state index is -0.496. The number of hydrogen-bond donors (Lipinski definition) is 1. The van der Waals surface area contributed by atoms with Crippen LogP contribution < -0.4 is 0 Å². The fourth-order valence-electron chi connectivity index (χ4n) is 1.14. The molecule has 0 bridgehead atoms. The summed E-state index contributed by atoms with van der Waals surface area (Å²) in [5.74, 6) is 0.776. The van der Waals surface area contributed by atoms with Crippen LogP contribution in [0.4, 0.5) is 0 Å². The van der Waals surface area contributed by atoms with Crippen LogP contribution in [0.3, 0.4) is 0 Å².